The predicted octanol–water partition coefficient (Wildman–Crippen LogP) is 4.16. The number of carbonyl (C=O) groups excluding carboxylic acids is 1. The van der Waals surface area contributed by atoms with Gasteiger partial charge in [-0.05, 0) is 18.4 Å². The summed E-state index contributed by atoms with van der Waals surface area (Å²) in [5, 5.41) is 0.206. The summed E-state index contributed by atoms with van der Waals surface area (Å²) in [6, 6.07) is 10.1. The minimum atomic E-state index is 0.206. The van der Waals surface area contributed by atoms with Gasteiger partial charge in [-0.15, -0.1) is 0 Å². The Labute approximate surface area is 108 Å². The monoisotopic (exact) mass is 251 g/mol. The molecule has 0 aliphatic carbocycles. The number of hydrogen-bond donors (Lipinski definition) is 0. The van der Waals surface area contributed by atoms with Gasteiger partial charge in [0, 0.05) is 18.8 Å². The zero-order chi connectivity index (χ0) is 12.5. The third-order valence-corrected chi connectivity index (χ3v) is 3.43. The molecule has 0 aliphatic heterocycles. The standard InChI is InChI=1S/C14H21NOS/c1-3-10-15(11-4-2)14(16)17-12-13-8-6-5-7-9-13/h5-9H,3-4,10-12H2,1-2H3. The molecule has 0 heterocycles. The van der Waals surface area contributed by atoms with Crippen molar-refractivity contribution < 1.29 is 4.79 Å². The summed E-state index contributed by atoms with van der Waals surface area (Å²) in [5.41, 5.74) is 1.21. The maximum absolute atomic E-state index is 12.0. The van der Waals surface area contributed by atoms with Crippen LogP contribution in [0.1, 0.15) is 32.3 Å². The Hall–Kier alpha value is -0.960. The van der Waals surface area contributed by atoms with Gasteiger partial charge in [-0.1, -0.05) is 55.9 Å². The van der Waals surface area contributed by atoms with Crippen molar-refractivity contribution in [2.45, 2.75) is 32.4 Å². The van der Waals surface area contributed by atoms with Crippen LogP contribution in [0.2, 0.25) is 0 Å². The van der Waals surface area contributed by atoms with Crippen LogP contribution in [-0.4, -0.2) is 23.2 Å². The first-order valence-electron chi connectivity index (χ1n) is 6.23. The highest BCUT2D eigenvalue weighted by molar-refractivity contribution is 8.12. The van der Waals surface area contributed by atoms with Crippen molar-refractivity contribution in [1.82, 2.24) is 4.90 Å². The van der Waals surface area contributed by atoms with Gasteiger partial charge in [0.05, 0.1) is 0 Å². The lowest BCUT2D eigenvalue weighted by atomic mass is 10.2. The molecule has 94 valence electrons. The molecule has 0 aromatic heterocycles. The molecule has 0 saturated heterocycles. The SMILES string of the molecule is CCCN(CCC)C(=O)SCc1ccccc1. The predicted molar refractivity (Wildman–Crippen MR) is 75.3 cm³/mol. The van der Waals surface area contributed by atoms with Gasteiger partial charge in [0.2, 0.25) is 0 Å². The molecule has 0 bridgehead atoms. The zero-order valence-corrected chi connectivity index (χ0v) is 11.5. The van der Waals surface area contributed by atoms with Crippen LogP contribution in [0, 0.1) is 0 Å². The van der Waals surface area contributed by atoms with Gasteiger partial charge in [0.25, 0.3) is 5.24 Å². The molecule has 0 spiro atoms. The molecule has 1 aromatic carbocycles. The molecular formula is C14H21NOS. The summed E-state index contributed by atoms with van der Waals surface area (Å²) in [7, 11) is 0. The van der Waals surface area contributed by atoms with E-state index in [1.807, 2.05) is 23.1 Å². The van der Waals surface area contributed by atoms with Gasteiger partial charge >= 0.3 is 0 Å². The lowest BCUT2D eigenvalue weighted by Gasteiger charge is -2.20. The molecule has 1 amide bonds. The van der Waals surface area contributed by atoms with E-state index in [1.54, 1.807) is 0 Å². The van der Waals surface area contributed by atoms with Crippen LogP contribution in [0.4, 0.5) is 4.79 Å². The lowest BCUT2D eigenvalue weighted by Crippen LogP contribution is -2.29. The Kier molecular flexibility index (Phi) is 6.78. The summed E-state index contributed by atoms with van der Waals surface area (Å²) in [6.07, 6.45) is 2.05. The molecule has 17 heavy (non-hydrogen) atoms. The van der Waals surface area contributed by atoms with Crippen molar-refractivity contribution in [2.24, 2.45) is 0 Å². The maximum Gasteiger partial charge on any atom is 0.281 e. The van der Waals surface area contributed by atoms with Gasteiger partial charge in [-0.25, -0.2) is 0 Å². The van der Waals surface area contributed by atoms with Crippen molar-refractivity contribution in [3.05, 3.63) is 35.9 Å². The summed E-state index contributed by atoms with van der Waals surface area (Å²) >= 11 is 1.40. The van der Waals surface area contributed by atoms with E-state index in [0.717, 1.165) is 31.7 Å². The Morgan fingerprint density at radius 3 is 2.24 bits per heavy atom. The van der Waals surface area contributed by atoms with E-state index in [2.05, 4.69) is 26.0 Å². The quantitative estimate of drug-likeness (QED) is 0.756. The van der Waals surface area contributed by atoms with Gasteiger partial charge < -0.3 is 4.90 Å². The smallest absolute Gasteiger partial charge is 0.281 e. The second-order valence-electron chi connectivity index (χ2n) is 4.03. The number of nitrogens with zero attached hydrogens (tertiary/aromatic N) is 1. The molecule has 3 heteroatoms. The fourth-order valence-electron chi connectivity index (χ4n) is 1.64. The number of benzene rings is 1. The fraction of sp³-hybridized carbons (Fsp3) is 0.500. The van der Waals surface area contributed by atoms with Crippen LogP contribution in [0.25, 0.3) is 0 Å². The number of amides is 1. The van der Waals surface area contributed by atoms with Crippen molar-refractivity contribution in [3.63, 3.8) is 0 Å². The second-order valence-corrected chi connectivity index (χ2v) is 4.95. The molecule has 1 rings (SSSR count). The highest BCUT2D eigenvalue weighted by atomic mass is 32.2. The Morgan fingerprint density at radius 2 is 1.71 bits per heavy atom. The molecule has 0 fully saturated rings. The molecule has 1 aromatic rings. The van der Waals surface area contributed by atoms with Crippen LogP contribution >= 0.6 is 11.8 Å². The minimum absolute atomic E-state index is 0.206. The highest BCUT2D eigenvalue weighted by Crippen LogP contribution is 2.16. The number of thioether (sulfide) groups is 1. The summed E-state index contributed by atoms with van der Waals surface area (Å²) < 4.78 is 0. The number of carbonyl (C=O) groups is 1. The van der Waals surface area contributed by atoms with Crippen molar-refractivity contribution in [1.29, 1.82) is 0 Å². The van der Waals surface area contributed by atoms with Crippen LogP contribution in [0.3, 0.4) is 0 Å². The summed E-state index contributed by atoms with van der Waals surface area (Å²) in [6.45, 7) is 5.96. The van der Waals surface area contributed by atoms with E-state index in [4.69, 9.17) is 0 Å². The molecule has 0 unspecified atom stereocenters. The molecule has 0 atom stereocenters. The molecule has 0 aliphatic rings. The molecule has 0 saturated carbocycles. The average molecular weight is 251 g/mol. The normalized spacial score (nSPS) is 10.2. The van der Waals surface area contributed by atoms with Gasteiger partial charge in [-0.3, -0.25) is 4.79 Å². The van der Waals surface area contributed by atoms with Crippen LogP contribution < -0.4 is 0 Å². The van der Waals surface area contributed by atoms with Crippen molar-refractivity contribution >= 4 is 17.0 Å². The van der Waals surface area contributed by atoms with E-state index < -0.39 is 0 Å². The first kappa shape index (κ1) is 14.1. The lowest BCUT2D eigenvalue weighted by molar-refractivity contribution is 0.223. The Balaban J connectivity index is 2.41. The molecule has 0 N–H and O–H groups in total. The molecule has 2 nitrogen and oxygen atoms in total. The van der Waals surface area contributed by atoms with E-state index in [1.165, 1.54) is 17.3 Å². The minimum Gasteiger partial charge on any atom is -0.334 e. The molecular weight excluding hydrogens is 230 g/mol. The summed E-state index contributed by atoms with van der Waals surface area (Å²) in [4.78, 5) is 13.9. The number of rotatable bonds is 6. The van der Waals surface area contributed by atoms with E-state index in [9.17, 15) is 4.79 Å². The fourth-order valence-corrected chi connectivity index (χ4v) is 2.49. The maximum atomic E-state index is 12.0. The van der Waals surface area contributed by atoms with E-state index in [0.29, 0.717) is 0 Å². The van der Waals surface area contributed by atoms with Gasteiger partial charge in [0.15, 0.2) is 0 Å². The highest BCUT2D eigenvalue weighted by Gasteiger charge is 2.11. The van der Waals surface area contributed by atoms with Crippen LogP contribution in [0.5, 0.6) is 0 Å². The van der Waals surface area contributed by atoms with E-state index in [-0.39, 0.29) is 5.24 Å². The van der Waals surface area contributed by atoms with Crippen molar-refractivity contribution in [3.8, 4) is 0 Å². The van der Waals surface area contributed by atoms with Crippen molar-refractivity contribution in [2.75, 3.05) is 13.1 Å². The first-order chi connectivity index (χ1) is 8.27. The average Bonchev–Trinajstić information content (AvgIpc) is 2.37. The topological polar surface area (TPSA) is 20.3 Å². The molecule has 0 radical (unpaired) electrons. The zero-order valence-electron chi connectivity index (χ0n) is 10.7. The summed E-state index contributed by atoms with van der Waals surface area (Å²) in [5.74, 6) is 0.767. The van der Waals surface area contributed by atoms with Crippen LogP contribution in [0.15, 0.2) is 30.3 Å². The van der Waals surface area contributed by atoms with E-state index >= 15 is 0 Å². The Bertz CT molecular complexity index is 320. The van der Waals surface area contributed by atoms with Gasteiger partial charge in [-0.2, -0.15) is 0 Å². The third-order valence-electron chi connectivity index (χ3n) is 2.45. The van der Waals surface area contributed by atoms with Gasteiger partial charge in [0.1, 0.15) is 0 Å². The second kappa shape index (κ2) is 8.18. The number of hydrogen-bond acceptors (Lipinski definition) is 2. The van der Waals surface area contributed by atoms with Crippen LogP contribution in [-0.2, 0) is 5.75 Å². The third kappa shape index (κ3) is 5.26. The Morgan fingerprint density at radius 1 is 1.12 bits per heavy atom. The first-order valence-corrected chi connectivity index (χ1v) is 7.22. The largest absolute Gasteiger partial charge is 0.334 e.